The van der Waals surface area contributed by atoms with Gasteiger partial charge in [-0.25, -0.2) is 18.3 Å². The third-order valence-corrected chi connectivity index (χ3v) is 6.24. The number of sulfone groups is 1. The lowest BCUT2D eigenvalue weighted by atomic mass is 10.2. The number of nitrogens with one attached hydrogen (secondary N) is 1. The molecule has 118 valence electrons. The molecule has 8 nitrogen and oxygen atoms in total. The van der Waals surface area contributed by atoms with Gasteiger partial charge in [0.1, 0.15) is 0 Å². The zero-order valence-electron chi connectivity index (χ0n) is 11.9. The number of nitrogens with zero attached hydrogens (tertiary/aromatic N) is 3. The summed E-state index contributed by atoms with van der Waals surface area (Å²) in [6, 6.07) is -0.240. The molecule has 1 amide bonds. The Morgan fingerprint density at radius 2 is 2.29 bits per heavy atom. The van der Waals surface area contributed by atoms with Gasteiger partial charge in [0.05, 0.1) is 17.3 Å². The van der Waals surface area contributed by atoms with E-state index in [9.17, 15) is 18.0 Å². The summed E-state index contributed by atoms with van der Waals surface area (Å²) < 4.78 is 24.4. The summed E-state index contributed by atoms with van der Waals surface area (Å²) in [7, 11) is -1.45. The van der Waals surface area contributed by atoms with E-state index in [1.807, 2.05) is 6.92 Å². The second-order valence-electron chi connectivity index (χ2n) is 4.90. The van der Waals surface area contributed by atoms with E-state index in [1.54, 1.807) is 11.9 Å². The highest BCUT2D eigenvalue weighted by Gasteiger charge is 2.33. The van der Waals surface area contributed by atoms with Crippen LogP contribution in [-0.4, -0.2) is 63.8 Å². The minimum absolute atomic E-state index is 0.0398. The molecule has 0 radical (unpaired) electrons. The summed E-state index contributed by atoms with van der Waals surface area (Å²) >= 11 is 1.16. The molecule has 2 rings (SSSR count). The molecule has 1 saturated heterocycles. The van der Waals surface area contributed by atoms with E-state index >= 15 is 0 Å². The van der Waals surface area contributed by atoms with Crippen LogP contribution in [0.2, 0.25) is 0 Å². The van der Waals surface area contributed by atoms with Gasteiger partial charge < -0.3 is 4.90 Å². The summed E-state index contributed by atoms with van der Waals surface area (Å²) in [4.78, 5) is 25.1. The molecule has 0 aliphatic carbocycles. The number of H-pyrrole nitrogens is 1. The van der Waals surface area contributed by atoms with Crippen LogP contribution in [0.5, 0.6) is 0 Å². The van der Waals surface area contributed by atoms with E-state index < -0.39 is 9.84 Å². The molecule has 1 aliphatic rings. The molecule has 1 N–H and O–H groups in total. The highest BCUT2D eigenvalue weighted by Crippen LogP contribution is 2.20. The van der Waals surface area contributed by atoms with Gasteiger partial charge in [0, 0.05) is 19.6 Å². The number of thioether (sulfide) groups is 1. The van der Waals surface area contributed by atoms with Crippen molar-refractivity contribution in [2.75, 3.05) is 23.8 Å². The molecule has 0 aromatic carbocycles. The zero-order valence-corrected chi connectivity index (χ0v) is 13.5. The van der Waals surface area contributed by atoms with Gasteiger partial charge in [-0.1, -0.05) is 11.8 Å². The number of rotatable bonds is 5. The first kappa shape index (κ1) is 16.1. The molecule has 1 atom stereocenters. The first-order valence-electron chi connectivity index (χ1n) is 6.58. The molecule has 0 saturated carbocycles. The second kappa shape index (κ2) is 6.22. The predicted octanol–water partition coefficient (Wildman–Crippen LogP) is -0.764. The van der Waals surface area contributed by atoms with E-state index in [1.165, 1.54) is 4.57 Å². The quantitative estimate of drug-likeness (QED) is 0.709. The number of carbonyl (C=O) groups is 1. The third kappa shape index (κ3) is 3.67. The largest absolute Gasteiger partial charge is 0.343 e. The molecule has 1 fully saturated rings. The van der Waals surface area contributed by atoms with Crippen molar-refractivity contribution in [2.24, 2.45) is 7.05 Å². The van der Waals surface area contributed by atoms with Gasteiger partial charge in [-0.3, -0.25) is 9.36 Å². The monoisotopic (exact) mass is 334 g/mol. The summed E-state index contributed by atoms with van der Waals surface area (Å²) in [6.07, 6.45) is 0.494. The lowest BCUT2D eigenvalue weighted by Gasteiger charge is -2.26. The zero-order chi connectivity index (χ0) is 15.6. The minimum Gasteiger partial charge on any atom is -0.338 e. The van der Waals surface area contributed by atoms with Crippen LogP contribution in [0, 0.1) is 0 Å². The molecule has 2 heterocycles. The molecular weight excluding hydrogens is 316 g/mol. The number of aromatic nitrogens is 3. The van der Waals surface area contributed by atoms with Gasteiger partial charge in [0.2, 0.25) is 5.91 Å². The fraction of sp³-hybridized carbons (Fsp3) is 0.727. The molecular formula is C11H18N4O4S2. The van der Waals surface area contributed by atoms with Gasteiger partial charge in [0.25, 0.3) is 0 Å². The molecule has 0 spiro atoms. The lowest BCUT2D eigenvalue weighted by Crippen LogP contribution is -2.42. The normalized spacial score (nSPS) is 20.6. The number of amides is 1. The summed E-state index contributed by atoms with van der Waals surface area (Å²) in [6.45, 7) is 2.30. The first-order valence-corrected chi connectivity index (χ1v) is 9.39. The highest BCUT2D eigenvalue weighted by molar-refractivity contribution is 7.99. The Morgan fingerprint density at radius 1 is 1.57 bits per heavy atom. The smallest absolute Gasteiger partial charge is 0.338 e. The van der Waals surface area contributed by atoms with Gasteiger partial charge in [-0.05, 0) is 13.3 Å². The van der Waals surface area contributed by atoms with Crippen LogP contribution in [0.1, 0.15) is 13.3 Å². The average Bonchev–Trinajstić information content (AvgIpc) is 2.93. The van der Waals surface area contributed by atoms with E-state index in [0.717, 1.165) is 11.8 Å². The standard InChI is InChI=1S/C11H18N4O4S2/c1-3-15(8-4-5-21(18,19)7-8)9(16)6-20-11-13-12-10(17)14(11)2/h8H,3-7H2,1-2H3,(H,12,17)/t8-/m0/s1. The van der Waals surface area contributed by atoms with Crippen molar-refractivity contribution in [3.63, 3.8) is 0 Å². The Morgan fingerprint density at radius 3 is 2.76 bits per heavy atom. The van der Waals surface area contributed by atoms with Crippen molar-refractivity contribution in [2.45, 2.75) is 24.5 Å². The topological polar surface area (TPSA) is 105 Å². The first-order chi connectivity index (χ1) is 9.84. The van der Waals surface area contributed by atoms with Crippen molar-refractivity contribution in [1.29, 1.82) is 0 Å². The fourth-order valence-electron chi connectivity index (χ4n) is 2.33. The van der Waals surface area contributed by atoms with Crippen molar-refractivity contribution < 1.29 is 13.2 Å². The SMILES string of the molecule is CCN(C(=O)CSc1n[nH]c(=O)n1C)[C@H]1CCS(=O)(=O)C1. The average molecular weight is 334 g/mol. The fourth-order valence-corrected chi connectivity index (χ4v) is 4.87. The van der Waals surface area contributed by atoms with Crippen molar-refractivity contribution >= 4 is 27.5 Å². The van der Waals surface area contributed by atoms with Crippen molar-refractivity contribution in [3.8, 4) is 0 Å². The highest BCUT2D eigenvalue weighted by atomic mass is 32.2. The van der Waals surface area contributed by atoms with E-state index in [-0.39, 0.29) is 34.9 Å². The van der Waals surface area contributed by atoms with E-state index in [4.69, 9.17) is 0 Å². The number of carbonyl (C=O) groups excluding carboxylic acids is 1. The van der Waals surface area contributed by atoms with Gasteiger partial charge in [-0.2, -0.15) is 0 Å². The Hall–Kier alpha value is -1.29. The minimum atomic E-state index is -3.02. The van der Waals surface area contributed by atoms with Crippen molar-refractivity contribution in [1.82, 2.24) is 19.7 Å². The summed E-state index contributed by atoms with van der Waals surface area (Å²) in [5.74, 6) is 0.170. The Bertz CT molecular complexity index is 679. The molecule has 0 bridgehead atoms. The van der Waals surface area contributed by atoms with Crippen LogP contribution in [0.4, 0.5) is 0 Å². The third-order valence-electron chi connectivity index (χ3n) is 3.47. The van der Waals surface area contributed by atoms with Crippen LogP contribution in [0.15, 0.2) is 9.95 Å². The maximum Gasteiger partial charge on any atom is 0.343 e. The van der Waals surface area contributed by atoms with Crippen LogP contribution in [0.25, 0.3) is 0 Å². The molecule has 10 heteroatoms. The van der Waals surface area contributed by atoms with Crippen LogP contribution in [-0.2, 0) is 21.7 Å². The lowest BCUT2D eigenvalue weighted by molar-refractivity contribution is -0.129. The van der Waals surface area contributed by atoms with Gasteiger partial charge in [-0.15, -0.1) is 5.10 Å². The number of aromatic amines is 1. The van der Waals surface area contributed by atoms with Crippen LogP contribution in [0.3, 0.4) is 0 Å². The van der Waals surface area contributed by atoms with Crippen molar-refractivity contribution in [3.05, 3.63) is 10.5 Å². The predicted molar refractivity (Wildman–Crippen MR) is 79.0 cm³/mol. The maximum atomic E-state index is 12.2. The maximum absolute atomic E-state index is 12.2. The number of hydrogen-bond acceptors (Lipinski definition) is 6. The van der Waals surface area contributed by atoms with Crippen LogP contribution < -0.4 is 5.69 Å². The van der Waals surface area contributed by atoms with Gasteiger partial charge >= 0.3 is 5.69 Å². The number of hydrogen-bond donors (Lipinski definition) is 1. The molecule has 1 aromatic rings. The Balaban J connectivity index is 1.98. The Kier molecular flexibility index (Phi) is 4.77. The van der Waals surface area contributed by atoms with Gasteiger partial charge in [0.15, 0.2) is 15.0 Å². The molecule has 0 unspecified atom stereocenters. The molecule has 1 aliphatic heterocycles. The second-order valence-corrected chi connectivity index (χ2v) is 8.07. The van der Waals surface area contributed by atoms with Crippen LogP contribution >= 0.6 is 11.8 Å². The summed E-state index contributed by atoms with van der Waals surface area (Å²) in [5, 5.41) is 6.55. The summed E-state index contributed by atoms with van der Waals surface area (Å²) in [5.41, 5.74) is -0.334. The Labute approximate surface area is 126 Å². The molecule has 21 heavy (non-hydrogen) atoms. The molecule has 1 aromatic heterocycles. The van der Waals surface area contributed by atoms with E-state index in [0.29, 0.717) is 18.1 Å². The van der Waals surface area contributed by atoms with E-state index in [2.05, 4.69) is 10.2 Å².